The molecule has 0 saturated carbocycles. The van der Waals surface area contributed by atoms with Crippen molar-refractivity contribution in [2.75, 3.05) is 26.6 Å². The lowest BCUT2D eigenvalue weighted by Crippen LogP contribution is -2.13. The maximum atomic E-state index is 12.8. The van der Waals surface area contributed by atoms with Crippen LogP contribution in [0.1, 0.15) is 20.8 Å². The molecule has 7 heteroatoms. The van der Waals surface area contributed by atoms with Gasteiger partial charge in [-0.2, -0.15) is 0 Å². The highest BCUT2D eigenvalue weighted by Gasteiger charge is 2.22. The van der Waals surface area contributed by atoms with E-state index < -0.39 is 0 Å². The summed E-state index contributed by atoms with van der Waals surface area (Å²) in [6.45, 7) is 4.03. The predicted octanol–water partition coefficient (Wildman–Crippen LogP) is 4.71. The molecule has 6 nitrogen and oxygen atoms in total. The Bertz CT molecular complexity index is 996. The Labute approximate surface area is 168 Å². The summed E-state index contributed by atoms with van der Waals surface area (Å²) in [5.41, 5.74) is 3.40. The van der Waals surface area contributed by atoms with Crippen LogP contribution in [0.25, 0.3) is 11.3 Å². The quantitative estimate of drug-likeness (QED) is 0.651. The van der Waals surface area contributed by atoms with Crippen LogP contribution in [0.5, 0.6) is 17.2 Å². The minimum Gasteiger partial charge on any atom is -0.493 e. The molecule has 0 aliphatic heterocycles. The molecule has 146 valence electrons. The average Bonchev–Trinajstić information content (AvgIpc) is 3.06. The highest BCUT2D eigenvalue weighted by Crippen LogP contribution is 2.40. The first-order chi connectivity index (χ1) is 13.5. The molecule has 0 unspecified atom stereocenters. The molecule has 2 aromatic carbocycles. The summed E-state index contributed by atoms with van der Waals surface area (Å²) in [7, 11) is 4.51. The summed E-state index contributed by atoms with van der Waals surface area (Å²) in [6.07, 6.45) is 0. The van der Waals surface area contributed by atoms with Gasteiger partial charge in [-0.25, -0.2) is 4.98 Å². The van der Waals surface area contributed by atoms with Gasteiger partial charge < -0.3 is 14.2 Å². The summed E-state index contributed by atoms with van der Waals surface area (Å²) < 4.78 is 16.0. The molecule has 0 spiro atoms. The number of aromatic nitrogens is 1. The number of hydrogen-bond donors (Lipinski definition) is 1. The minimum atomic E-state index is -0.331. The van der Waals surface area contributed by atoms with Crippen LogP contribution in [0.4, 0.5) is 5.13 Å². The van der Waals surface area contributed by atoms with Gasteiger partial charge >= 0.3 is 0 Å². The van der Waals surface area contributed by atoms with Crippen molar-refractivity contribution in [1.82, 2.24) is 4.98 Å². The molecule has 0 aliphatic carbocycles. The molecule has 0 atom stereocenters. The molecule has 0 saturated heterocycles. The molecule has 1 amide bonds. The number of nitrogens with one attached hydrogen (secondary N) is 1. The van der Waals surface area contributed by atoms with Gasteiger partial charge in [-0.05, 0) is 26.0 Å². The van der Waals surface area contributed by atoms with Crippen LogP contribution in [-0.2, 0) is 0 Å². The van der Waals surface area contributed by atoms with Crippen molar-refractivity contribution >= 4 is 22.4 Å². The number of carbonyl (C=O) groups excluding carboxylic acids is 1. The number of amides is 1. The van der Waals surface area contributed by atoms with Crippen molar-refractivity contribution in [3.8, 4) is 28.5 Å². The number of thiazole rings is 1. The van der Waals surface area contributed by atoms with Crippen molar-refractivity contribution in [3.63, 3.8) is 0 Å². The van der Waals surface area contributed by atoms with E-state index in [4.69, 9.17) is 14.2 Å². The second kappa shape index (κ2) is 8.31. The molecule has 3 rings (SSSR count). The topological polar surface area (TPSA) is 69.7 Å². The van der Waals surface area contributed by atoms with Crippen LogP contribution in [0.15, 0.2) is 36.4 Å². The first-order valence-corrected chi connectivity index (χ1v) is 9.45. The molecule has 0 radical (unpaired) electrons. The van der Waals surface area contributed by atoms with E-state index in [1.54, 1.807) is 12.1 Å². The number of benzene rings is 2. The number of aryl methyl sites for hydroxylation is 2. The second-order valence-electron chi connectivity index (χ2n) is 6.13. The number of nitrogens with zero attached hydrogens (tertiary/aromatic N) is 1. The summed E-state index contributed by atoms with van der Waals surface area (Å²) in [6, 6.07) is 11.4. The smallest absolute Gasteiger partial charge is 0.261 e. The molecule has 1 aromatic heterocycles. The number of methoxy groups -OCH3 is 3. The summed E-state index contributed by atoms with van der Waals surface area (Å²) in [5, 5.41) is 3.38. The second-order valence-corrected chi connectivity index (χ2v) is 7.33. The lowest BCUT2D eigenvalue weighted by molar-refractivity contribution is 0.102. The molecular formula is C21H22N2O4S. The van der Waals surface area contributed by atoms with Gasteiger partial charge in [-0.3, -0.25) is 10.1 Å². The van der Waals surface area contributed by atoms with Crippen LogP contribution >= 0.6 is 11.3 Å². The summed E-state index contributed by atoms with van der Waals surface area (Å²) in [4.78, 5) is 18.5. The van der Waals surface area contributed by atoms with E-state index in [0.717, 1.165) is 16.1 Å². The predicted molar refractivity (Wildman–Crippen MR) is 111 cm³/mol. The molecule has 0 bridgehead atoms. The van der Waals surface area contributed by atoms with Crippen LogP contribution in [0.3, 0.4) is 0 Å². The van der Waals surface area contributed by atoms with Crippen LogP contribution in [0, 0.1) is 13.8 Å². The fourth-order valence-corrected chi connectivity index (χ4v) is 3.70. The zero-order valence-electron chi connectivity index (χ0n) is 16.5. The number of hydrogen-bond acceptors (Lipinski definition) is 6. The Hall–Kier alpha value is -3.06. The van der Waals surface area contributed by atoms with Crippen LogP contribution < -0.4 is 19.5 Å². The van der Waals surface area contributed by atoms with Gasteiger partial charge in [-0.15, -0.1) is 11.3 Å². The number of rotatable bonds is 6. The van der Waals surface area contributed by atoms with E-state index in [9.17, 15) is 4.79 Å². The van der Waals surface area contributed by atoms with E-state index >= 15 is 0 Å². The third kappa shape index (κ3) is 3.80. The maximum absolute atomic E-state index is 12.8. The Balaban J connectivity index is 1.90. The van der Waals surface area contributed by atoms with Gasteiger partial charge in [-0.1, -0.05) is 29.8 Å². The largest absolute Gasteiger partial charge is 0.493 e. The fourth-order valence-electron chi connectivity index (χ4n) is 2.87. The maximum Gasteiger partial charge on any atom is 0.261 e. The van der Waals surface area contributed by atoms with E-state index in [1.807, 2.05) is 38.1 Å². The number of carbonyl (C=O) groups is 1. The van der Waals surface area contributed by atoms with Crippen molar-refractivity contribution in [2.45, 2.75) is 13.8 Å². The standard InChI is InChI=1S/C21H22N2O4S/c1-12-6-8-14(9-7-12)17-13(2)28-21(22-17)23-20(24)15-10-11-16(25-3)19(27-5)18(15)26-4/h6-11H,1-5H3,(H,22,23,24). The molecule has 3 aromatic rings. The van der Waals surface area contributed by atoms with E-state index in [-0.39, 0.29) is 5.91 Å². The van der Waals surface area contributed by atoms with Gasteiger partial charge in [0.15, 0.2) is 16.6 Å². The molecule has 28 heavy (non-hydrogen) atoms. The highest BCUT2D eigenvalue weighted by atomic mass is 32.1. The molecule has 0 fully saturated rings. The van der Waals surface area contributed by atoms with Gasteiger partial charge in [0, 0.05) is 10.4 Å². The Kier molecular flexibility index (Phi) is 5.84. The van der Waals surface area contributed by atoms with Crippen molar-refractivity contribution in [3.05, 3.63) is 52.4 Å². The molecular weight excluding hydrogens is 376 g/mol. The van der Waals surface area contributed by atoms with Crippen molar-refractivity contribution < 1.29 is 19.0 Å². The molecule has 1 N–H and O–H groups in total. The molecule has 1 heterocycles. The van der Waals surface area contributed by atoms with Gasteiger partial charge in [0.1, 0.15) is 0 Å². The zero-order chi connectivity index (χ0) is 20.3. The number of ether oxygens (including phenoxy) is 3. The molecule has 0 aliphatic rings. The lowest BCUT2D eigenvalue weighted by atomic mass is 10.1. The van der Waals surface area contributed by atoms with Crippen molar-refractivity contribution in [2.24, 2.45) is 0 Å². The average molecular weight is 398 g/mol. The first-order valence-electron chi connectivity index (χ1n) is 8.63. The SMILES string of the molecule is COc1ccc(C(=O)Nc2nc(-c3ccc(C)cc3)c(C)s2)c(OC)c1OC. The van der Waals surface area contributed by atoms with Crippen LogP contribution in [0.2, 0.25) is 0 Å². The lowest BCUT2D eigenvalue weighted by Gasteiger charge is -2.15. The third-order valence-corrected chi connectivity index (χ3v) is 5.18. The highest BCUT2D eigenvalue weighted by molar-refractivity contribution is 7.16. The fraction of sp³-hybridized carbons (Fsp3) is 0.238. The normalized spacial score (nSPS) is 10.5. The monoisotopic (exact) mass is 398 g/mol. The van der Waals surface area contributed by atoms with Gasteiger partial charge in [0.25, 0.3) is 5.91 Å². The first kappa shape index (κ1) is 19.7. The minimum absolute atomic E-state index is 0.311. The van der Waals surface area contributed by atoms with E-state index in [0.29, 0.717) is 27.9 Å². The van der Waals surface area contributed by atoms with Gasteiger partial charge in [0.05, 0.1) is 32.6 Å². The Morgan fingerprint density at radius 1 is 0.929 bits per heavy atom. The summed E-state index contributed by atoms with van der Waals surface area (Å²) >= 11 is 1.43. The third-order valence-electron chi connectivity index (χ3n) is 4.29. The van der Waals surface area contributed by atoms with Crippen molar-refractivity contribution in [1.29, 1.82) is 0 Å². The van der Waals surface area contributed by atoms with E-state index in [1.165, 1.54) is 38.2 Å². The van der Waals surface area contributed by atoms with Crippen LogP contribution in [-0.4, -0.2) is 32.2 Å². The zero-order valence-corrected chi connectivity index (χ0v) is 17.3. The summed E-state index contributed by atoms with van der Waals surface area (Å²) in [5.74, 6) is 0.837. The Morgan fingerprint density at radius 3 is 2.21 bits per heavy atom. The van der Waals surface area contributed by atoms with E-state index in [2.05, 4.69) is 10.3 Å². The Morgan fingerprint density at radius 2 is 1.61 bits per heavy atom. The van der Waals surface area contributed by atoms with Gasteiger partial charge in [0.2, 0.25) is 5.75 Å². The number of anilines is 1.